The van der Waals surface area contributed by atoms with Gasteiger partial charge in [0.1, 0.15) is 0 Å². The summed E-state index contributed by atoms with van der Waals surface area (Å²) in [5.41, 5.74) is 7.61. The summed E-state index contributed by atoms with van der Waals surface area (Å²) in [6.07, 6.45) is 1.71. The first-order valence-corrected chi connectivity index (χ1v) is 5.60. The van der Waals surface area contributed by atoms with E-state index in [4.69, 9.17) is 5.73 Å². The number of hydrogen-bond donors (Lipinski definition) is 1. The molecule has 0 amide bonds. The zero-order chi connectivity index (χ0) is 11.1. The van der Waals surface area contributed by atoms with Crippen molar-refractivity contribution in [2.75, 3.05) is 5.73 Å². The topological polar surface area (TPSA) is 69.1 Å². The molecule has 80 valence electrons. The van der Waals surface area contributed by atoms with Gasteiger partial charge in [-0.1, -0.05) is 0 Å². The van der Waals surface area contributed by atoms with Gasteiger partial charge in [-0.25, -0.2) is 0 Å². The predicted octanol–water partition coefficient (Wildman–Crippen LogP) is 1.74. The maximum atomic E-state index is 5.77. The Kier molecular flexibility index (Phi) is 1.90. The van der Waals surface area contributed by atoms with E-state index in [0.29, 0.717) is 0 Å². The molecule has 16 heavy (non-hydrogen) atoms. The van der Waals surface area contributed by atoms with Crippen molar-refractivity contribution in [1.29, 1.82) is 0 Å². The van der Waals surface area contributed by atoms with E-state index in [2.05, 4.69) is 15.3 Å². The second-order valence-electron chi connectivity index (χ2n) is 3.48. The van der Waals surface area contributed by atoms with E-state index < -0.39 is 0 Å². The Morgan fingerprint density at radius 2 is 2.25 bits per heavy atom. The van der Waals surface area contributed by atoms with Crippen molar-refractivity contribution in [3.8, 4) is 10.7 Å². The predicted molar refractivity (Wildman–Crippen MR) is 63.2 cm³/mol. The van der Waals surface area contributed by atoms with Crippen LogP contribution in [-0.4, -0.2) is 19.8 Å². The smallest absolute Gasteiger partial charge is 0.195 e. The first-order valence-electron chi connectivity index (χ1n) is 4.78. The number of fused-ring (bicyclic) bond motifs is 1. The lowest BCUT2D eigenvalue weighted by molar-refractivity contribution is 0.937. The van der Waals surface area contributed by atoms with Gasteiger partial charge in [-0.2, -0.15) is 9.61 Å². The van der Waals surface area contributed by atoms with Gasteiger partial charge in [0.15, 0.2) is 11.5 Å². The summed E-state index contributed by atoms with van der Waals surface area (Å²) in [6, 6.07) is 5.64. The average Bonchev–Trinajstić information content (AvgIpc) is 2.81. The fourth-order valence-corrected chi connectivity index (χ4v) is 2.52. The molecule has 0 aliphatic carbocycles. The number of aryl methyl sites for hydroxylation is 1. The van der Waals surface area contributed by atoms with E-state index in [1.165, 1.54) is 11.3 Å². The molecule has 5 nitrogen and oxygen atoms in total. The van der Waals surface area contributed by atoms with Gasteiger partial charge in [-0.3, -0.25) is 0 Å². The van der Waals surface area contributed by atoms with E-state index in [-0.39, 0.29) is 0 Å². The molecule has 0 saturated heterocycles. The van der Waals surface area contributed by atoms with Crippen LogP contribution in [0.5, 0.6) is 0 Å². The van der Waals surface area contributed by atoms with Gasteiger partial charge in [-0.15, -0.1) is 21.5 Å². The average molecular weight is 231 g/mol. The summed E-state index contributed by atoms with van der Waals surface area (Å²) in [5.74, 6) is 0.745. The first kappa shape index (κ1) is 9.29. The van der Waals surface area contributed by atoms with Crippen molar-refractivity contribution in [3.63, 3.8) is 0 Å². The van der Waals surface area contributed by atoms with Gasteiger partial charge in [0, 0.05) is 6.20 Å². The minimum absolute atomic E-state index is 0.740. The van der Waals surface area contributed by atoms with Crippen LogP contribution in [0.2, 0.25) is 0 Å². The molecule has 3 aromatic rings. The maximum absolute atomic E-state index is 5.77. The standard InChI is InChI=1S/C10H9N5S/c1-6-5-7(11)16-9(6)10-14-13-8-3-2-4-12-15(8)10/h2-5H,11H2,1H3. The maximum Gasteiger partial charge on any atom is 0.195 e. The number of nitrogens with two attached hydrogens (primary N) is 1. The van der Waals surface area contributed by atoms with E-state index >= 15 is 0 Å². The van der Waals surface area contributed by atoms with Crippen LogP contribution in [0, 0.1) is 6.92 Å². The van der Waals surface area contributed by atoms with Gasteiger partial charge in [-0.05, 0) is 30.7 Å². The van der Waals surface area contributed by atoms with Crippen LogP contribution in [-0.2, 0) is 0 Å². The summed E-state index contributed by atoms with van der Waals surface area (Å²) in [4.78, 5) is 1.02. The minimum Gasteiger partial charge on any atom is -0.391 e. The molecule has 0 atom stereocenters. The van der Waals surface area contributed by atoms with E-state index in [9.17, 15) is 0 Å². The second-order valence-corrected chi connectivity index (χ2v) is 4.56. The third-order valence-corrected chi connectivity index (χ3v) is 3.38. The van der Waals surface area contributed by atoms with Gasteiger partial charge in [0.25, 0.3) is 0 Å². The molecule has 0 saturated carbocycles. The van der Waals surface area contributed by atoms with E-state index in [1.54, 1.807) is 10.7 Å². The first-order chi connectivity index (χ1) is 7.75. The van der Waals surface area contributed by atoms with Crippen LogP contribution in [0.15, 0.2) is 24.4 Å². The SMILES string of the molecule is Cc1cc(N)sc1-c1nnc2cccnn12. The molecule has 0 spiro atoms. The summed E-state index contributed by atoms with van der Waals surface area (Å²) in [7, 11) is 0. The molecule has 0 unspecified atom stereocenters. The normalized spacial score (nSPS) is 11.1. The lowest BCUT2D eigenvalue weighted by atomic mass is 10.3. The van der Waals surface area contributed by atoms with Crippen molar-refractivity contribution >= 4 is 22.0 Å². The van der Waals surface area contributed by atoms with Crippen molar-refractivity contribution in [2.45, 2.75) is 6.92 Å². The Morgan fingerprint density at radius 3 is 3.00 bits per heavy atom. The van der Waals surface area contributed by atoms with Gasteiger partial charge in [0.2, 0.25) is 0 Å². The second kappa shape index (κ2) is 3.28. The zero-order valence-corrected chi connectivity index (χ0v) is 9.40. The highest BCUT2D eigenvalue weighted by molar-refractivity contribution is 7.19. The number of nitrogen functional groups attached to an aromatic ring is 1. The highest BCUT2D eigenvalue weighted by Crippen LogP contribution is 2.32. The van der Waals surface area contributed by atoms with E-state index in [0.717, 1.165) is 26.9 Å². The largest absolute Gasteiger partial charge is 0.391 e. The quantitative estimate of drug-likeness (QED) is 0.692. The highest BCUT2D eigenvalue weighted by Gasteiger charge is 2.13. The van der Waals surface area contributed by atoms with Gasteiger partial charge < -0.3 is 5.73 Å². The van der Waals surface area contributed by atoms with Crippen LogP contribution >= 0.6 is 11.3 Å². The van der Waals surface area contributed by atoms with Crippen molar-refractivity contribution in [3.05, 3.63) is 30.0 Å². The van der Waals surface area contributed by atoms with Crippen LogP contribution in [0.1, 0.15) is 5.56 Å². The number of rotatable bonds is 1. The Bertz CT molecular complexity index is 654. The van der Waals surface area contributed by atoms with Gasteiger partial charge >= 0.3 is 0 Å². The van der Waals surface area contributed by atoms with Crippen LogP contribution in [0.3, 0.4) is 0 Å². The summed E-state index contributed by atoms with van der Waals surface area (Å²) < 4.78 is 1.72. The highest BCUT2D eigenvalue weighted by atomic mass is 32.1. The molecule has 0 bridgehead atoms. The molecule has 3 aromatic heterocycles. The zero-order valence-electron chi connectivity index (χ0n) is 8.58. The third-order valence-electron chi connectivity index (χ3n) is 2.32. The molecule has 2 N–H and O–H groups in total. The molecule has 3 heterocycles. The molecule has 0 aromatic carbocycles. The number of nitrogens with zero attached hydrogens (tertiary/aromatic N) is 4. The third kappa shape index (κ3) is 1.27. The molecule has 3 rings (SSSR count). The van der Waals surface area contributed by atoms with Gasteiger partial charge in [0.05, 0.1) is 9.88 Å². The van der Waals surface area contributed by atoms with Crippen molar-refractivity contribution < 1.29 is 0 Å². The number of hydrogen-bond acceptors (Lipinski definition) is 5. The van der Waals surface area contributed by atoms with Crippen molar-refractivity contribution in [2.24, 2.45) is 0 Å². The molecule has 0 fully saturated rings. The summed E-state index contributed by atoms with van der Waals surface area (Å²) in [6.45, 7) is 2.01. The molecule has 0 aliphatic heterocycles. The lowest BCUT2D eigenvalue weighted by Crippen LogP contribution is -1.92. The molecule has 0 aliphatic rings. The fourth-order valence-electron chi connectivity index (χ4n) is 1.61. The van der Waals surface area contributed by atoms with Crippen LogP contribution < -0.4 is 5.73 Å². The Balaban J connectivity index is 2.30. The number of anilines is 1. The number of thiophene rings is 1. The minimum atomic E-state index is 0.740. The molecule has 6 heteroatoms. The molecular formula is C10H9N5S. The van der Waals surface area contributed by atoms with E-state index in [1.807, 2.05) is 25.1 Å². The Morgan fingerprint density at radius 1 is 1.38 bits per heavy atom. The van der Waals surface area contributed by atoms with Crippen molar-refractivity contribution in [1.82, 2.24) is 19.8 Å². The Hall–Kier alpha value is -1.95. The van der Waals surface area contributed by atoms with Crippen LogP contribution in [0.25, 0.3) is 16.3 Å². The number of aromatic nitrogens is 4. The monoisotopic (exact) mass is 231 g/mol. The summed E-state index contributed by atoms with van der Waals surface area (Å²) in [5, 5.41) is 13.2. The molecular weight excluding hydrogens is 222 g/mol. The van der Waals surface area contributed by atoms with Crippen LogP contribution in [0.4, 0.5) is 5.00 Å². The fraction of sp³-hybridized carbons (Fsp3) is 0.100. The lowest BCUT2D eigenvalue weighted by Gasteiger charge is -1.95. The Labute approximate surface area is 95.5 Å². The summed E-state index contributed by atoms with van der Waals surface area (Å²) >= 11 is 1.50. The molecule has 0 radical (unpaired) electrons.